The predicted octanol–water partition coefficient (Wildman–Crippen LogP) is 1.32. The monoisotopic (exact) mass is 276 g/mol. The number of benzene rings is 2. The Morgan fingerprint density at radius 1 is 1.00 bits per heavy atom. The second kappa shape index (κ2) is 4.63. The Bertz CT molecular complexity index is 520. The summed E-state index contributed by atoms with van der Waals surface area (Å²) in [5, 5.41) is 0. The third kappa shape index (κ3) is 2.23. The Hall–Kier alpha value is -1.40. The quantitative estimate of drug-likeness (QED) is 0.597. The molecule has 0 bridgehead atoms. The zero-order chi connectivity index (χ0) is 11.5. The molecule has 0 aliphatic carbocycles. The summed E-state index contributed by atoms with van der Waals surface area (Å²) in [6, 6.07) is 13.1. The summed E-state index contributed by atoms with van der Waals surface area (Å²) in [4.78, 5) is 12.1. The molecule has 0 aromatic heterocycles. The molecule has 1 nitrogen and oxygen atoms in total. The molecule has 0 aliphatic heterocycles. The molecular formula is C13H10AsFO. The maximum atomic E-state index is 12.7. The van der Waals surface area contributed by atoms with Gasteiger partial charge in [-0.05, 0) is 0 Å². The van der Waals surface area contributed by atoms with Crippen LogP contribution in [0.3, 0.4) is 0 Å². The standard InChI is InChI=1S/C13H10AsFO/c14-12-4-2-1-3-11(12)13(16)9-5-7-10(15)8-6-9/h1-8H,14H2. The van der Waals surface area contributed by atoms with Crippen molar-refractivity contribution >= 4 is 27.0 Å². The van der Waals surface area contributed by atoms with Crippen molar-refractivity contribution in [1.82, 2.24) is 0 Å². The molecule has 16 heavy (non-hydrogen) atoms. The Kier molecular flexibility index (Phi) is 3.21. The van der Waals surface area contributed by atoms with E-state index >= 15 is 0 Å². The number of rotatable bonds is 2. The summed E-state index contributed by atoms with van der Waals surface area (Å²) in [5.41, 5.74) is 1.21. The van der Waals surface area contributed by atoms with Crippen molar-refractivity contribution in [3.8, 4) is 0 Å². The van der Waals surface area contributed by atoms with Crippen LogP contribution in [0.5, 0.6) is 0 Å². The van der Waals surface area contributed by atoms with Crippen molar-refractivity contribution in [3.05, 3.63) is 65.5 Å². The molecule has 3 heteroatoms. The molecule has 0 heterocycles. The van der Waals surface area contributed by atoms with E-state index in [0.717, 1.165) is 4.35 Å². The Morgan fingerprint density at radius 3 is 2.25 bits per heavy atom. The second-order valence-electron chi connectivity index (χ2n) is 3.42. The van der Waals surface area contributed by atoms with Crippen molar-refractivity contribution in [1.29, 1.82) is 0 Å². The summed E-state index contributed by atoms with van der Waals surface area (Å²) in [5.74, 6) is -0.384. The van der Waals surface area contributed by atoms with E-state index in [2.05, 4.69) is 0 Å². The number of carbonyl (C=O) groups is 1. The second-order valence-corrected chi connectivity index (χ2v) is 4.73. The van der Waals surface area contributed by atoms with Crippen LogP contribution < -0.4 is 4.35 Å². The van der Waals surface area contributed by atoms with Crippen LogP contribution in [-0.2, 0) is 0 Å². The van der Waals surface area contributed by atoms with E-state index in [0.29, 0.717) is 11.1 Å². The molecule has 0 N–H and O–H groups in total. The van der Waals surface area contributed by atoms with Gasteiger partial charge in [0.05, 0.1) is 0 Å². The van der Waals surface area contributed by atoms with Crippen molar-refractivity contribution in [2.24, 2.45) is 0 Å². The average molecular weight is 276 g/mol. The van der Waals surface area contributed by atoms with E-state index in [1.54, 1.807) is 6.07 Å². The van der Waals surface area contributed by atoms with Crippen molar-refractivity contribution < 1.29 is 9.18 Å². The Balaban J connectivity index is 2.40. The van der Waals surface area contributed by atoms with Gasteiger partial charge in [0.1, 0.15) is 0 Å². The van der Waals surface area contributed by atoms with Gasteiger partial charge in [0.25, 0.3) is 0 Å². The van der Waals surface area contributed by atoms with Gasteiger partial charge in [-0.15, -0.1) is 0 Å². The molecule has 2 aromatic rings. The molecule has 1 atom stereocenters. The van der Waals surface area contributed by atoms with Crippen LogP contribution in [-0.4, -0.2) is 22.6 Å². The summed E-state index contributed by atoms with van der Waals surface area (Å²) in [7, 11) is 0. The van der Waals surface area contributed by atoms with Crippen molar-refractivity contribution in [2.75, 3.05) is 0 Å². The van der Waals surface area contributed by atoms with E-state index in [1.807, 2.05) is 18.2 Å². The Labute approximate surface area is 102 Å². The molecule has 0 aliphatic rings. The molecule has 1 unspecified atom stereocenters. The molecule has 80 valence electrons. The van der Waals surface area contributed by atoms with Gasteiger partial charge in [-0.3, -0.25) is 0 Å². The van der Waals surface area contributed by atoms with E-state index in [4.69, 9.17) is 0 Å². The molecule has 0 amide bonds. The summed E-state index contributed by atoms with van der Waals surface area (Å²) in [6.45, 7) is 0. The van der Waals surface area contributed by atoms with Crippen LogP contribution in [0.4, 0.5) is 4.39 Å². The maximum absolute atomic E-state index is 12.7. The molecule has 0 radical (unpaired) electrons. The van der Waals surface area contributed by atoms with Gasteiger partial charge in [0.15, 0.2) is 0 Å². The van der Waals surface area contributed by atoms with Crippen LogP contribution in [0.2, 0.25) is 0 Å². The van der Waals surface area contributed by atoms with Crippen molar-refractivity contribution in [3.63, 3.8) is 0 Å². The van der Waals surface area contributed by atoms with E-state index in [1.165, 1.54) is 41.1 Å². The number of carbonyl (C=O) groups excluding carboxylic acids is 1. The van der Waals surface area contributed by atoms with Gasteiger partial charge in [-0.2, -0.15) is 0 Å². The minimum atomic E-state index is -0.328. The first-order chi connectivity index (χ1) is 7.68. The molecule has 0 spiro atoms. The first-order valence-electron chi connectivity index (χ1n) is 4.83. The summed E-state index contributed by atoms with van der Waals surface area (Å²) >= 11 is 1.41. The van der Waals surface area contributed by atoms with Gasteiger partial charge >= 0.3 is 102 Å². The van der Waals surface area contributed by atoms with Gasteiger partial charge < -0.3 is 0 Å². The van der Waals surface area contributed by atoms with E-state index < -0.39 is 0 Å². The fourth-order valence-electron chi connectivity index (χ4n) is 1.46. The zero-order valence-corrected chi connectivity index (χ0v) is 10.9. The SMILES string of the molecule is O=C(c1ccc(F)cc1)c1ccccc1[AsH2]. The number of hydrogen-bond acceptors (Lipinski definition) is 1. The topological polar surface area (TPSA) is 17.1 Å². The zero-order valence-electron chi connectivity index (χ0n) is 8.48. The van der Waals surface area contributed by atoms with Crippen LogP contribution in [0.1, 0.15) is 15.9 Å². The molecule has 0 fully saturated rings. The average Bonchev–Trinajstić information content (AvgIpc) is 2.30. The predicted molar refractivity (Wildman–Crippen MR) is 64.5 cm³/mol. The molecule has 2 rings (SSSR count). The number of ketones is 1. The van der Waals surface area contributed by atoms with Crippen LogP contribution in [0.25, 0.3) is 0 Å². The van der Waals surface area contributed by atoms with Gasteiger partial charge in [0.2, 0.25) is 0 Å². The van der Waals surface area contributed by atoms with Gasteiger partial charge in [0, 0.05) is 0 Å². The summed E-state index contributed by atoms with van der Waals surface area (Å²) in [6.07, 6.45) is 0. The number of hydrogen-bond donors (Lipinski definition) is 0. The van der Waals surface area contributed by atoms with Crippen LogP contribution in [0.15, 0.2) is 48.5 Å². The van der Waals surface area contributed by atoms with Crippen molar-refractivity contribution in [2.45, 2.75) is 0 Å². The van der Waals surface area contributed by atoms with Crippen LogP contribution in [0, 0.1) is 5.82 Å². The van der Waals surface area contributed by atoms with Crippen LogP contribution >= 0.6 is 0 Å². The fraction of sp³-hybridized carbons (Fsp3) is 0. The van der Waals surface area contributed by atoms with Gasteiger partial charge in [-0.1, -0.05) is 0 Å². The molecule has 0 saturated carbocycles. The first-order valence-corrected chi connectivity index (χ1v) is 6.04. The first kappa shape index (κ1) is 11.1. The third-order valence-corrected chi connectivity index (χ3v) is 3.37. The fourth-order valence-corrected chi connectivity index (χ4v) is 2.17. The third-order valence-electron chi connectivity index (χ3n) is 2.31. The minimum absolute atomic E-state index is 0.0556. The Morgan fingerprint density at radius 2 is 1.62 bits per heavy atom. The van der Waals surface area contributed by atoms with E-state index in [9.17, 15) is 9.18 Å². The molecule has 0 saturated heterocycles. The van der Waals surface area contributed by atoms with E-state index in [-0.39, 0.29) is 11.6 Å². The normalized spacial score (nSPS) is 10.1. The number of halogens is 1. The molecular weight excluding hydrogens is 266 g/mol. The molecule has 2 aromatic carbocycles. The van der Waals surface area contributed by atoms with Gasteiger partial charge in [-0.25, -0.2) is 0 Å². The summed E-state index contributed by atoms with van der Waals surface area (Å²) < 4.78 is 13.7.